The van der Waals surface area contributed by atoms with Gasteiger partial charge in [0.2, 0.25) is 0 Å². The Morgan fingerprint density at radius 1 is 0.371 bits per heavy atom. The van der Waals surface area contributed by atoms with Crippen LogP contribution in [0.15, 0.2) is 12.4 Å². The highest BCUT2D eigenvalue weighted by Gasteiger charge is 2.24. The van der Waals surface area contributed by atoms with Gasteiger partial charge in [0, 0.05) is 25.5 Å². The smallest absolute Gasteiger partial charge is 0.101 e. The average Bonchev–Trinajstić information content (AvgIpc) is 3.25. The molecule has 0 saturated carbocycles. The summed E-state index contributed by atoms with van der Waals surface area (Å²) in [5, 5.41) is 0. The molecule has 0 bridgehead atoms. The Bertz CT molecular complexity index is 446. The zero-order valence-electron chi connectivity index (χ0n) is 24.7. The predicted octanol–water partition coefficient (Wildman–Crippen LogP) is 11.2. The molecule has 0 N–H and O–H groups in total. The molecular formula is C33H66N2. The number of nitrogens with zero attached hydrogens (tertiary/aromatic N) is 2. The summed E-state index contributed by atoms with van der Waals surface area (Å²) in [6.45, 7) is 9.45. The number of hydrogen-bond donors (Lipinski definition) is 0. The summed E-state index contributed by atoms with van der Waals surface area (Å²) >= 11 is 0. The fourth-order valence-corrected chi connectivity index (χ4v) is 5.66. The van der Waals surface area contributed by atoms with Crippen molar-refractivity contribution in [3.8, 4) is 0 Å². The third-order valence-corrected chi connectivity index (χ3v) is 8.07. The van der Waals surface area contributed by atoms with Crippen LogP contribution in [0.4, 0.5) is 0 Å². The van der Waals surface area contributed by atoms with E-state index < -0.39 is 0 Å². The van der Waals surface area contributed by atoms with Gasteiger partial charge in [-0.05, 0) is 25.7 Å². The van der Waals surface area contributed by atoms with E-state index in [-0.39, 0.29) is 0 Å². The molecule has 1 rings (SSSR count). The maximum absolute atomic E-state index is 2.69. The summed E-state index contributed by atoms with van der Waals surface area (Å²) < 4.78 is 0. The van der Waals surface area contributed by atoms with Gasteiger partial charge < -0.3 is 9.80 Å². The van der Waals surface area contributed by atoms with Crippen LogP contribution in [0.1, 0.15) is 181 Å². The topological polar surface area (TPSA) is 6.48 Å². The highest BCUT2D eigenvalue weighted by atomic mass is 15.4. The third-order valence-electron chi connectivity index (χ3n) is 8.07. The minimum absolute atomic E-state index is 0.643. The molecule has 208 valence electrons. The van der Waals surface area contributed by atoms with Crippen LogP contribution < -0.4 is 0 Å². The van der Waals surface area contributed by atoms with Crippen LogP contribution in [-0.4, -0.2) is 29.1 Å². The van der Waals surface area contributed by atoms with Gasteiger partial charge in [-0.1, -0.05) is 156 Å². The summed E-state index contributed by atoms with van der Waals surface area (Å²) in [6, 6.07) is 0. The van der Waals surface area contributed by atoms with E-state index in [1.165, 1.54) is 174 Å². The molecule has 0 amide bonds. The Morgan fingerprint density at radius 3 is 1.06 bits per heavy atom. The van der Waals surface area contributed by atoms with Gasteiger partial charge in [0.25, 0.3) is 0 Å². The molecule has 0 radical (unpaired) electrons. The molecule has 1 aliphatic rings. The van der Waals surface area contributed by atoms with Crippen LogP contribution in [0.3, 0.4) is 0 Å². The van der Waals surface area contributed by atoms with E-state index in [0.717, 1.165) is 0 Å². The summed E-state index contributed by atoms with van der Waals surface area (Å²) in [4.78, 5) is 5.36. The van der Waals surface area contributed by atoms with Gasteiger partial charge in [-0.2, -0.15) is 0 Å². The molecule has 0 spiro atoms. The van der Waals surface area contributed by atoms with Crippen molar-refractivity contribution in [2.45, 2.75) is 187 Å². The third kappa shape index (κ3) is 18.3. The van der Waals surface area contributed by atoms with Crippen molar-refractivity contribution in [2.24, 2.45) is 0 Å². The molecule has 0 saturated heterocycles. The standard InChI is InChI=1S/C33H66N2/c1-4-7-10-12-14-16-18-19-21-23-25-28-33-34(29-26-9-6-3)31-32-35(33)30-27-24-22-20-17-15-13-11-8-5-2/h31-33H,4-30H2,1-3H3. The van der Waals surface area contributed by atoms with E-state index in [4.69, 9.17) is 0 Å². The molecule has 0 aromatic heterocycles. The summed E-state index contributed by atoms with van der Waals surface area (Å²) in [6.07, 6.45) is 41.0. The molecule has 0 aromatic carbocycles. The average molecular weight is 491 g/mol. The summed E-state index contributed by atoms with van der Waals surface area (Å²) in [5.41, 5.74) is 0. The van der Waals surface area contributed by atoms with Crippen LogP contribution >= 0.6 is 0 Å². The van der Waals surface area contributed by atoms with Crippen molar-refractivity contribution in [3.63, 3.8) is 0 Å². The lowest BCUT2D eigenvalue weighted by Crippen LogP contribution is -2.39. The Kier molecular flexibility index (Phi) is 23.1. The minimum Gasteiger partial charge on any atom is -0.356 e. The predicted molar refractivity (Wildman–Crippen MR) is 159 cm³/mol. The molecule has 1 atom stereocenters. The second-order valence-corrected chi connectivity index (χ2v) is 11.5. The minimum atomic E-state index is 0.643. The first-order valence-electron chi connectivity index (χ1n) is 16.5. The van der Waals surface area contributed by atoms with E-state index >= 15 is 0 Å². The maximum atomic E-state index is 2.69. The lowest BCUT2D eigenvalue weighted by atomic mass is 10.0. The van der Waals surface area contributed by atoms with Gasteiger partial charge in [0.1, 0.15) is 6.17 Å². The lowest BCUT2D eigenvalue weighted by Gasteiger charge is -2.33. The van der Waals surface area contributed by atoms with E-state index in [1.807, 2.05) is 0 Å². The van der Waals surface area contributed by atoms with Crippen LogP contribution in [0, 0.1) is 0 Å². The van der Waals surface area contributed by atoms with Crippen molar-refractivity contribution < 1.29 is 0 Å². The fourth-order valence-electron chi connectivity index (χ4n) is 5.66. The Hall–Kier alpha value is -0.660. The first-order valence-corrected chi connectivity index (χ1v) is 16.5. The van der Waals surface area contributed by atoms with Crippen LogP contribution in [0.2, 0.25) is 0 Å². The molecule has 0 aliphatic carbocycles. The van der Waals surface area contributed by atoms with E-state index in [1.54, 1.807) is 0 Å². The Labute approximate surface area is 222 Å². The zero-order valence-corrected chi connectivity index (χ0v) is 24.7. The quantitative estimate of drug-likeness (QED) is 0.106. The van der Waals surface area contributed by atoms with Crippen molar-refractivity contribution in [1.29, 1.82) is 0 Å². The monoisotopic (exact) mass is 491 g/mol. The van der Waals surface area contributed by atoms with E-state index in [9.17, 15) is 0 Å². The van der Waals surface area contributed by atoms with Gasteiger partial charge >= 0.3 is 0 Å². The highest BCUT2D eigenvalue weighted by molar-refractivity contribution is 4.97. The Morgan fingerprint density at radius 2 is 0.657 bits per heavy atom. The molecule has 1 heterocycles. The highest BCUT2D eigenvalue weighted by Crippen LogP contribution is 2.24. The van der Waals surface area contributed by atoms with Crippen molar-refractivity contribution in [2.75, 3.05) is 13.1 Å². The van der Waals surface area contributed by atoms with Gasteiger partial charge in [-0.25, -0.2) is 0 Å². The molecular weight excluding hydrogens is 424 g/mol. The second-order valence-electron chi connectivity index (χ2n) is 11.5. The molecule has 2 heteroatoms. The van der Waals surface area contributed by atoms with Gasteiger partial charge in [0.15, 0.2) is 0 Å². The number of hydrogen-bond acceptors (Lipinski definition) is 2. The molecule has 0 fully saturated rings. The second kappa shape index (κ2) is 25.0. The lowest BCUT2D eigenvalue weighted by molar-refractivity contribution is 0.135. The van der Waals surface area contributed by atoms with Crippen molar-refractivity contribution in [1.82, 2.24) is 9.80 Å². The normalized spacial score (nSPS) is 15.6. The molecule has 1 unspecified atom stereocenters. The molecule has 0 aromatic rings. The van der Waals surface area contributed by atoms with Crippen LogP contribution in [-0.2, 0) is 0 Å². The summed E-state index contributed by atoms with van der Waals surface area (Å²) in [7, 11) is 0. The largest absolute Gasteiger partial charge is 0.356 e. The summed E-state index contributed by atoms with van der Waals surface area (Å²) in [5.74, 6) is 0. The SMILES string of the molecule is CCCCCCCCCCCCCC1N(CCCCC)C=CN1CCCCCCCCCCCC. The first kappa shape index (κ1) is 32.4. The number of rotatable bonds is 27. The zero-order chi connectivity index (χ0) is 25.2. The molecule has 35 heavy (non-hydrogen) atoms. The van der Waals surface area contributed by atoms with E-state index in [0.29, 0.717) is 6.17 Å². The number of unbranched alkanes of at least 4 members (excludes halogenated alkanes) is 21. The van der Waals surface area contributed by atoms with Gasteiger partial charge in [-0.3, -0.25) is 0 Å². The Balaban J connectivity index is 2.16. The van der Waals surface area contributed by atoms with Gasteiger partial charge in [0.05, 0.1) is 0 Å². The van der Waals surface area contributed by atoms with Gasteiger partial charge in [-0.15, -0.1) is 0 Å². The molecule has 2 nitrogen and oxygen atoms in total. The van der Waals surface area contributed by atoms with E-state index in [2.05, 4.69) is 43.0 Å². The van der Waals surface area contributed by atoms with Crippen LogP contribution in [0.5, 0.6) is 0 Å². The fraction of sp³-hybridized carbons (Fsp3) is 0.939. The van der Waals surface area contributed by atoms with Crippen molar-refractivity contribution in [3.05, 3.63) is 12.4 Å². The maximum Gasteiger partial charge on any atom is 0.101 e. The van der Waals surface area contributed by atoms with Crippen LogP contribution in [0.25, 0.3) is 0 Å². The first-order chi connectivity index (χ1) is 17.3. The van der Waals surface area contributed by atoms with Crippen molar-refractivity contribution >= 4 is 0 Å². The molecule has 1 aliphatic heterocycles.